The monoisotopic (exact) mass is 491 g/mol. The van der Waals surface area contributed by atoms with Gasteiger partial charge < -0.3 is 9.64 Å². The van der Waals surface area contributed by atoms with Gasteiger partial charge in [0.1, 0.15) is 5.60 Å². The van der Waals surface area contributed by atoms with Crippen molar-refractivity contribution in [3.05, 3.63) is 34.9 Å². The number of halogens is 2. The van der Waals surface area contributed by atoms with E-state index in [1.807, 2.05) is 36.6 Å². The molecule has 1 aromatic carbocycles. The molecule has 0 saturated carbocycles. The quantitative estimate of drug-likeness (QED) is 0.546. The number of hydrogen-bond acceptors (Lipinski definition) is 4. The molecule has 0 N–H and O–H groups in total. The predicted octanol–water partition coefficient (Wildman–Crippen LogP) is 5.49. The molecule has 3 heterocycles. The number of amides is 1. The van der Waals surface area contributed by atoms with Crippen molar-refractivity contribution < 1.29 is 18.3 Å². The van der Waals surface area contributed by atoms with Gasteiger partial charge >= 0.3 is 6.09 Å². The Morgan fingerprint density at radius 2 is 1.80 bits per heavy atom. The van der Waals surface area contributed by atoms with Crippen LogP contribution in [0, 0.1) is 12.3 Å². The minimum atomic E-state index is -2.72. The van der Waals surface area contributed by atoms with Gasteiger partial charge in [-0.3, -0.25) is 9.80 Å². The van der Waals surface area contributed by atoms with E-state index in [-0.39, 0.29) is 18.1 Å². The molecule has 0 aromatic heterocycles. The zero-order chi connectivity index (χ0) is 25.4. The summed E-state index contributed by atoms with van der Waals surface area (Å²) in [6, 6.07) is 5.58. The van der Waals surface area contributed by atoms with Crippen LogP contribution in [0.2, 0.25) is 0 Å². The minimum absolute atomic E-state index is 0.0718. The number of carbonyl (C=O) groups is 1. The highest BCUT2D eigenvalue weighted by molar-refractivity contribution is 5.68. The Bertz CT molecular complexity index is 898. The summed E-state index contributed by atoms with van der Waals surface area (Å²) in [6.07, 6.45) is 4.01. The van der Waals surface area contributed by atoms with Crippen molar-refractivity contribution in [2.45, 2.75) is 90.8 Å². The molecule has 4 rings (SSSR count). The first kappa shape index (κ1) is 26.3. The number of carbonyl (C=O) groups excluding carboxylic acids is 1. The Balaban J connectivity index is 1.29. The van der Waals surface area contributed by atoms with Gasteiger partial charge in [0.2, 0.25) is 0 Å². The number of alkyl halides is 2. The normalized spacial score (nSPS) is 24.9. The highest BCUT2D eigenvalue weighted by atomic mass is 19.3. The van der Waals surface area contributed by atoms with E-state index < -0.39 is 17.6 Å². The maximum Gasteiger partial charge on any atom is 0.410 e. The molecule has 0 radical (unpaired) electrons. The van der Waals surface area contributed by atoms with Crippen LogP contribution in [0.1, 0.15) is 70.1 Å². The molecule has 35 heavy (non-hydrogen) atoms. The Kier molecular flexibility index (Phi) is 7.50. The second kappa shape index (κ2) is 9.97. The van der Waals surface area contributed by atoms with E-state index in [1.54, 1.807) is 4.90 Å². The second-order valence-electron chi connectivity index (χ2n) is 12.1. The van der Waals surface area contributed by atoms with E-state index in [0.717, 1.165) is 25.7 Å². The van der Waals surface area contributed by atoms with Crippen LogP contribution in [0.15, 0.2) is 18.2 Å². The number of ether oxygens (including phenoxy) is 1. The van der Waals surface area contributed by atoms with Gasteiger partial charge in [0, 0.05) is 39.3 Å². The summed E-state index contributed by atoms with van der Waals surface area (Å²) in [7, 11) is 0. The van der Waals surface area contributed by atoms with Crippen molar-refractivity contribution >= 4 is 6.09 Å². The Labute approximate surface area is 209 Å². The van der Waals surface area contributed by atoms with Gasteiger partial charge in [-0.25, -0.2) is 13.6 Å². The van der Waals surface area contributed by atoms with Crippen LogP contribution >= 0.6 is 0 Å². The Hall–Kier alpha value is -1.73. The number of hydrogen-bond donors (Lipinski definition) is 0. The first-order valence-corrected chi connectivity index (χ1v) is 13.3. The summed E-state index contributed by atoms with van der Waals surface area (Å²) in [6.45, 7) is 13.8. The highest BCUT2D eigenvalue weighted by Gasteiger charge is 2.55. The summed E-state index contributed by atoms with van der Waals surface area (Å²) in [4.78, 5) is 18.1. The molecular weight excluding hydrogens is 448 g/mol. The lowest BCUT2D eigenvalue weighted by Crippen LogP contribution is -2.69. The lowest BCUT2D eigenvalue weighted by Gasteiger charge is -2.58. The standard InChI is InChI=1S/C28H43F2N3O2/c1-6-8-23-21(2)9-7-10-22(23)17-31-14-11-24(28(29,30)20-31)33-18-27(19-33)12-15-32(16-13-27)25(34)35-26(3,4)5/h7,9-10,24H,6,8,11-20H2,1-5H3. The molecule has 3 aliphatic heterocycles. The van der Waals surface area contributed by atoms with Crippen LogP contribution in [0.5, 0.6) is 0 Å². The van der Waals surface area contributed by atoms with Gasteiger partial charge in [0.15, 0.2) is 0 Å². The van der Waals surface area contributed by atoms with Crippen LogP contribution in [0.25, 0.3) is 0 Å². The Morgan fingerprint density at radius 1 is 1.11 bits per heavy atom. The van der Waals surface area contributed by atoms with Crippen LogP contribution in [-0.4, -0.2) is 77.6 Å². The Morgan fingerprint density at radius 3 is 2.40 bits per heavy atom. The van der Waals surface area contributed by atoms with Crippen molar-refractivity contribution in [1.82, 2.24) is 14.7 Å². The van der Waals surface area contributed by atoms with Crippen LogP contribution in [0.3, 0.4) is 0 Å². The fourth-order valence-electron chi connectivity index (χ4n) is 6.19. The van der Waals surface area contributed by atoms with E-state index in [1.165, 1.54) is 16.7 Å². The van der Waals surface area contributed by atoms with Crippen molar-refractivity contribution in [3.63, 3.8) is 0 Å². The first-order valence-electron chi connectivity index (χ1n) is 13.3. The second-order valence-corrected chi connectivity index (χ2v) is 12.1. The van der Waals surface area contributed by atoms with Crippen molar-refractivity contribution in [2.24, 2.45) is 5.41 Å². The molecule has 3 fully saturated rings. The maximum atomic E-state index is 15.3. The molecule has 1 atom stereocenters. The molecule has 1 unspecified atom stereocenters. The number of rotatable bonds is 5. The molecule has 1 aromatic rings. The third-order valence-electron chi connectivity index (χ3n) is 8.04. The highest BCUT2D eigenvalue weighted by Crippen LogP contribution is 2.45. The third kappa shape index (κ3) is 5.99. The van der Waals surface area contributed by atoms with Crippen molar-refractivity contribution in [2.75, 3.05) is 39.3 Å². The molecule has 1 spiro atoms. The van der Waals surface area contributed by atoms with Crippen LogP contribution in [-0.2, 0) is 17.7 Å². The van der Waals surface area contributed by atoms with Gasteiger partial charge in [-0.05, 0) is 75.5 Å². The summed E-state index contributed by atoms with van der Waals surface area (Å²) in [5, 5.41) is 0. The lowest BCUT2D eigenvalue weighted by molar-refractivity contribution is -0.174. The molecule has 0 aliphatic carbocycles. The van der Waals surface area contributed by atoms with Gasteiger partial charge in [0.05, 0.1) is 12.6 Å². The number of likely N-dealkylation sites (tertiary alicyclic amines) is 3. The van der Waals surface area contributed by atoms with E-state index >= 15 is 8.78 Å². The molecule has 196 valence electrons. The molecule has 7 heteroatoms. The van der Waals surface area contributed by atoms with Gasteiger partial charge in [-0.15, -0.1) is 0 Å². The first-order chi connectivity index (χ1) is 16.4. The zero-order valence-electron chi connectivity index (χ0n) is 22.2. The molecular formula is C28H43F2N3O2. The molecule has 3 saturated heterocycles. The van der Waals surface area contributed by atoms with Crippen molar-refractivity contribution in [1.29, 1.82) is 0 Å². The summed E-state index contributed by atoms with van der Waals surface area (Å²) in [5.74, 6) is -2.72. The smallest absolute Gasteiger partial charge is 0.410 e. The summed E-state index contributed by atoms with van der Waals surface area (Å²) < 4.78 is 36.2. The average molecular weight is 492 g/mol. The molecule has 3 aliphatic rings. The summed E-state index contributed by atoms with van der Waals surface area (Å²) in [5.41, 5.74) is 3.34. The summed E-state index contributed by atoms with van der Waals surface area (Å²) >= 11 is 0. The van der Waals surface area contributed by atoms with Gasteiger partial charge in [-0.2, -0.15) is 0 Å². The van der Waals surface area contributed by atoms with Crippen LogP contribution in [0.4, 0.5) is 13.6 Å². The number of aryl methyl sites for hydroxylation is 1. The molecule has 0 bridgehead atoms. The molecule has 1 amide bonds. The van der Waals surface area contributed by atoms with Crippen LogP contribution < -0.4 is 0 Å². The zero-order valence-corrected chi connectivity index (χ0v) is 22.2. The van der Waals surface area contributed by atoms with Crippen molar-refractivity contribution in [3.8, 4) is 0 Å². The van der Waals surface area contributed by atoms with E-state index in [2.05, 4.69) is 26.0 Å². The number of piperidine rings is 2. The maximum absolute atomic E-state index is 15.3. The van der Waals surface area contributed by atoms with Gasteiger partial charge in [-0.1, -0.05) is 31.5 Å². The minimum Gasteiger partial charge on any atom is -0.444 e. The number of nitrogens with zero attached hydrogens (tertiary/aromatic N) is 3. The van der Waals surface area contributed by atoms with Gasteiger partial charge in [0.25, 0.3) is 5.92 Å². The fourth-order valence-corrected chi connectivity index (χ4v) is 6.19. The third-order valence-corrected chi connectivity index (χ3v) is 8.04. The van der Waals surface area contributed by atoms with E-state index in [0.29, 0.717) is 45.7 Å². The van der Waals surface area contributed by atoms with E-state index in [9.17, 15) is 4.79 Å². The predicted molar refractivity (Wildman–Crippen MR) is 135 cm³/mol. The SMILES string of the molecule is CCCc1c(C)cccc1CN1CCC(N2CC3(CCN(C(=O)OC(C)(C)C)CC3)C2)C(F)(F)C1. The fraction of sp³-hybridized carbons (Fsp3) is 0.750. The average Bonchev–Trinajstić information content (AvgIpc) is 2.73. The molecule has 5 nitrogen and oxygen atoms in total. The lowest BCUT2D eigenvalue weighted by atomic mass is 9.70. The largest absolute Gasteiger partial charge is 0.444 e. The van der Waals surface area contributed by atoms with E-state index in [4.69, 9.17) is 4.74 Å². The number of benzene rings is 1. The topological polar surface area (TPSA) is 36.0 Å².